The van der Waals surface area contributed by atoms with Gasteiger partial charge in [0.25, 0.3) is 0 Å². The number of unbranched alkanes of at least 4 members (excludes halogenated alkanes) is 3. The van der Waals surface area contributed by atoms with Crippen molar-refractivity contribution in [1.82, 2.24) is 0 Å². The van der Waals surface area contributed by atoms with E-state index in [0.29, 0.717) is 0 Å². The SMILES string of the molecule is CCC[CH2][Sn]([CH2]CCC)([CH2]CCC)[13CH2]Sc1ccccc1. The van der Waals surface area contributed by atoms with Crippen molar-refractivity contribution in [2.45, 2.75) is 77.5 Å². The molecular formula is C19H34SSn. The fraction of sp³-hybridized carbons (Fsp3) is 0.684. The Morgan fingerprint density at radius 1 is 0.762 bits per heavy atom. The Hall–Kier alpha value is 0.369. The predicted octanol–water partition coefficient (Wildman–Crippen LogP) is 7.17. The number of hydrogen-bond donors (Lipinski definition) is 0. The molecular weight excluding hydrogens is 380 g/mol. The standard InChI is InChI=1S/C7H7S.3C4H9.Sn/c1-8-7-5-3-2-4-6-7;3*1-3-4-2;/h2-6H,1H2;3*1,3-4H2,2H3;/i1+1;;;;. The van der Waals surface area contributed by atoms with Crippen molar-refractivity contribution >= 4 is 30.1 Å². The summed E-state index contributed by atoms with van der Waals surface area (Å²) in [6, 6.07) is 11.1. The molecule has 0 heterocycles. The van der Waals surface area contributed by atoms with Crippen molar-refractivity contribution in [2.75, 3.05) is 3.77 Å². The van der Waals surface area contributed by atoms with Gasteiger partial charge in [-0.15, -0.1) is 0 Å². The molecule has 0 radical (unpaired) electrons. The Bertz CT molecular complexity index is 328. The van der Waals surface area contributed by atoms with Gasteiger partial charge in [-0.2, -0.15) is 0 Å². The first-order chi connectivity index (χ1) is 10.3. The van der Waals surface area contributed by atoms with Gasteiger partial charge in [-0.25, -0.2) is 0 Å². The molecule has 0 aliphatic rings. The topological polar surface area (TPSA) is 0 Å². The summed E-state index contributed by atoms with van der Waals surface area (Å²) in [5, 5.41) is 0. The van der Waals surface area contributed by atoms with Gasteiger partial charge < -0.3 is 0 Å². The molecule has 0 aliphatic carbocycles. The van der Waals surface area contributed by atoms with E-state index >= 15 is 0 Å². The summed E-state index contributed by atoms with van der Waals surface area (Å²) >= 11 is 0.249. The van der Waals surface area contributed by atoms with E-state index in [2.05, 4.69) is 62.9 Å². The van der Waals surface area contributed by atoms with Crippen molar-refractivity contribution < 1.29 is 0 Å². The van der Waals surface area contributed by atoms with Crippen molar-refractivity contribution in [3.8, 4) is 0 Å². The van der Waals surface area contributed by atoms with Crippen LogP contribution in [0.4, 0.5) is 0 Å². The van der Waals surface area contributed by atoms with Gasteiger partial charge in [0.15, 0.2) is 0 Å². The van der Waals surface area contributed by atoms with Crippen LogP contribution >= 0.6 is 11.8 Å². The van der Waals surface area contributed by atoms with Crippen LogP contribution in [0.15, 0.2) is 35.2 Å². The van der Waals surface area contributed by atoms with Crippen LogP contribution in [0.1, 0.15) is 59.3 Å². The first-order valence-electron chi connectivity index (χ1n) is 8.94. The maximum atomic E-state index is 2.36. The summed E-state index contributed by atoms with van der Waals surface area (Å²) in [4.78, 5) is 1.49. The fourth-order valence-electron chi connectivity index (χ4n) is 3.00. The van der Waals surface area contributed by atoms with Crippen LogP contribution in [0, 0.1) is 0 Å². The first kappa shape index (κ1) is 19.4. The summed E-state index contributed by atoms with van der Waals surface area (Å²) < 4.78 is 6.40. The van der Waals surface area contributed by atoms with Crippen LogP contribution in [-0.2, 0) is 0 Å². The Morgan fingerprint density at radius 3 is 1.67 bits per heavy atom. The molecule has 0 atom stereocenters. The molecule has 21 heavy (non-hydrogen) atoms. The van der Waals surface area contributed by atoms with Crippen LogP contribution in [0.5, 0.6) is 0 Å². The molecule has 0 fully saturated rings. The average Bonchev–Trinajstić information content (AvgIpc) is 2.54. The fourth-order valence-corrected chi connectivity index (χ4v) is 23.6. The van der Waals surface area contributed by atoms with Gasteiger partial charge in [0.05, 0.1) is 0 Å². The van der Waals surface area contributed by atoms with Gasteiger partial charge in [-0.05, 0) is 0 Å². The van der Waals surface area contributed by atoms with Gasteiger partial charge in [0.1, 0.15) is 0 Å². The van der Waals surface area contributed by atoms with Gasteiger partial charge in [-0.3, -0.25) is 0 Å². The van der Waals surface area contributed by atoms with Crippen LogP contribution in [0.25, 0.3) is 0 Å². The molecule has 0 aliphatic heterocycles. The molecule has 0 amide bonds. The summed E-state index contributed by atoms with van der Waals surface area (Å²) in [7, 11) is 0. The van der Waals surface area contributed by atoms with Gasteiger partial charge in [0.2, 0.25) is 0 Å². The zero-order valence-electron chi connectivity index (χ0n) is 14.4. The number of hydrogen-bond acceptors (Lipinski definition) is 1. The molecule has 1 aromatic rings. The predicted molar refractivity (Wildman–Crippen MR) is 102 cm³/mol. The minimum atomic E-state index is -1.92. The van der Waals surface area contributed by atoms with Crippen LogP contribution in [0.3, 0.4) is 0 Å². The molecule has 2 heteroatoms. The summed E-state index contributed by atoms with van der Waals surface area (Å²) in [6.07, 6.45) is 8.60. The Kier molecular flexibility index (Phi) is 11.0. The molecule has 0 saturated carbocycles. The maximum absolute atomic E-state index is 2.36. The molecule has 120 valence electrons. The molecule has 0 spiro atoms. The summed E-state index contributed by atoms with van der Waals surface area (Å²) in [6.45, 7) is 7.09. The van der Waals surface area contributed by atoms with E-state index in [1.807, 2.05) is 0 Å². The van der Waals surface area contributed by atoms with E-state index in [0.717, 1.165) is 0 Å². The minimum absolute atomic E-state index is 1.38. The monoisotopic (exact) mass is 415 g/mol. The van der Waals surface area contributed by atoms with E-state index in [1.54, 1.807) is 13.3 Å². The van der Waals surface area contributed by atoms with E-state index in [4.69, 9.17) is 0 Å². The Balaban J connectivity index is 2.69. The van der Waals surface area contributed by atoms with Gasteiger partial charge >= 0.3 is 142 Å². The van der Waals surface area contributed by atoms with Crippen molar-refractivity contribution in [3.63, 3.8) is 0 Å². The van der Waals surface area contributed by atoms with Crippen LogP contribution in [0.2, 0.25) is 13.3 Å². The van der Waals surface area contributed by atoms with Gasteiger partial charge in [-0.1, -0.05) is 0 Å². The second-order valence-corrected chi connectivity index (χ2v) is 22.8. The molecule has 1 rings (SSSR count). The third-order valence-corrected chi connectivity index (χ3v) is 24.4. The molecule has 0 saturated heterocycles. The van der Waals surface area contributed by atoms with E-state index in [1.165, 1.54) is 47.2 Å². The van der Waals surface area contributed by atoms with Gasteiger partial charge in [0, 0.05) is 0 Å². The van der Waals surface area contributed by atoms with Crippen molar-refractivity contribution in [2.24, 2.45) is 0 Å². The Labute approximate surface area is 141 Å². The normalized spacial score (nSPS) is 11.8. The van der Waals surface area contributed by atoms with Crippen LogP contribution in [-0.4, -0.2) is 22.1 Å². The molecule has 1 aromatic carbocycles. The van der Waals surface area contributed by atoms with Crippen molar-refractivity contribution in [3.05, 3.63) is 30.3 Å². The number of rotatable bonds is 12. The third kappa shape index (κ3) is 7.97. The van der Waals surface area contributed by atoms with Crippen LogP contribution < -0.4 is 0 Å². The summed E-state index contributed by atoms with van der Waals surface area (Å²) in [5.74, 6) is 0. The quantitative estimate of drug-likeness (QED) is 0.199. The number of thioether (sulfide) groups is 1. The van der Waals surface area contributed by atoms with Crippen molar-refractivity contribution in [1.29, 1.82) is 0 Å². The second kappa shape index (κ2) is 11.9. The molecule has 0 aromatic heterocycles. The molecule has 0 nitrogen and oxygen atoms in total. The molecule has 0 unspecified atom stereocenters. The van der Waals surface area contributed by atoms with E-state index in [-0.39, 0.29) is 0 Å². The number of benzene rings is 1. The second-order valence-electron chi connectivity index (χ2n) is 6.41. The average molecular weight is 414 g/mol. The first-order valence-corrected chi connectivity index (χ1v) is 18.0. The Morgan fingerprint density at radius 2 is 1.24 bits per heavy atom. The zero-order chi connectivity index (χ0) is 15.4. The molecule has 0 bridgehead atoms. The molecule has 0 N–H and O–H groups in total. The van der Waals surface area contributed by atoms with E-state index in [9.17, 15) is 0 Å². The van der Waals surface area contributed by atoms with E-state index < -0.39 is 18.4 Å². The summed E-state index contributed by atoms with van der Waals surface area (Å²) in [5.41, 5.74) is 0. The third-order valence-electron chi connectivity index (χ3n) is 4.47. The zero-order valence-corrected chi connectivity index (χ0v) is 18.0.